The summed E-state index contributed by atoms with van der Waals surface area (Å²) in [7, 11) is 0. The maximum atomic E-state index is 11.8. The van der Waals surface area contributed by atoms with Crippen LogP contribution in [-0.4, -0.2) is 24.0 Å². The van der Waals surface area contributed by atoms with Crippen molar-refractivity contribution < 1.29 is 14.3 Å². The second kappa shape index (κ2) is 4.47. The molecule has 0 bridgehead atoms. The molecule has 15 heavy (non-hydrogen) atoms. The number of hydrogen-bond donors (Lipinski definition) is 1. The Morgan fingerprint density at radius 3 is 2.87 bits per heavy atom. The van der Waals surface area contributed by atoms with Gasteiger partial charge in [-0.1, -0.05) is 13.0 Å². The van der Waals surface area contributed by atoms with E-state index in [0.717, 1.165) is 0 Å². The maximum absolute atomic E-state index is 11.8. The van der Waals surface area contributed by atoms with E-state index in [1.165, 1.54) is 0 Å². The average molecular weight is 211 g/mol. The van der Waals surface area contributed by atoms with Crippen molar-refractivity contribution in [2.75, 3.05) is 6.61 Å². The Morgan fingerprint density at radius 1 is 1.80 bits per heavy atom. The molecule has 1 amide bonds. The summed E-state index contributed by atoms with van der Waals surface area (Å²) in [5, 5.41) is 2.72. The molecule has 0 aliphatic carbocycles. The third-order valence-electron chi connectivity index (χ3n) is 2.62. The lowest BCUT2D eigenvalue weighted by Crippen LogP contribution is -2.49. The monoisotopic (exact) mass is 211 g/mol. The second-order valence-electron chi connectivity index (χ2n) is 3.89. The van der Waals surface area contributed by atoms with Gasteiger partial charge in [0.25, 0.3) is 0 Å². The van der Waals surface area contributed by atoms with Crippen LogP contribution in [0.4, 0.5) is 0 Å². The molecule has 1 aliphatic rings. The first-order chi connectivity index (χ1) is 7.05. The predicted octanol–water partition coefficient (Wildman–Crippen LogP) is 1.02. The first kappa shape index (κ1) is 11.8. The molecule has 1 N–H and O–H groups in total. The molecule has 0 aromatic rings. The molecule has 84 valence electrons. The van der Waals surface area contributed by atoms with Crippen molar-refractivity contribution >= 4 is 11.9 Å². The van der Waals surface area contributed by atoms with Gasteiger partial charge in [-0.25, -0.2) is 4.79 Å². The van der Waals surface area contributed by atoms with Crippen LogP contribution in [0.3, 0.4) is 0 Å². The minimum atomic E-state index is -0.881. The molecule has 0 radical (unpaired) electrons. The topological polar surface area (TPSA) is 55.4 Å². The lowest BCUT2D eigenvalue weighted by atomic mass is 9.90. The largest absolute Gasteiger partial charge is 0.464 e. The van der Waals surface area contributed by atoms with E-state index in [4.69, 9.17) is 4.74 Å². The molecule has 1 heterocycles. The molecule has 2 atom stereocenters. The molecule has 0 saturated carbocycles. The Labute approximate surface area is 89.7 Å². The van der Waals surface area contributed by atoms with Crippen molar-refractivity contribution in [2.24, 2.45) is 5.92 Å². The Hall–Kier alpha value is -1.32. The number of nitrogens with one attached hydrogen (secondary N) is 1. The molecular weight excluding hydrogens is 194 g/mol. The molecule has 1 unspecified atom stereocenters. The molecule has 4 heteroatoms. The van der Waals surface area contributed by atoms with Crippen LogP contribution in [0.2, 0.25) is 0 Å². The van der Waals surface area contributed by atoms with E-state index in [-0.39, 0.29) is 17.8 Å². The highest BCUT2D eigenvalue weighted by molar-refractivity contribution is 5.93. The van der Waals surface area contributed by atoms with Crippen LogP contribution in [0.1, 0.15) is 26.7 Å². The van der Waals surface area contributed by atoms with Gasteiger partial charge < -0.3 is 10.1 Å². The van der Waals surface area contributed by atoms with Crippen LogP contribution in [0.5, 0.6) is 0 Å². The second-order valence-corrected chi connectivity index (χ2v) is 3.89. The molecule has 4 nitrogen and oxygen atoms in total. The Bertz CT molecular complexity index is 288. The summed E-state index contributed by atoms with van der Waals surface area (Å²) in [6.45, 7) is 7.48. The summed E-state index contributed by atoms with van der Waals surface area (Å²) in [5.74, 6) is -0.596. The molecule has 0 aromatic carbocycles. The lowest BCUT2D eigenvalue weighted by molar-refractivity contribution is -0.151. The van der Waals surface area contributed by atoms with Gasteiger partial charge in [-0.15, -0.1) is 6.58 Å². The SMILES string of the molecule is C=CC[C@@]1(C(=O)OCC)CC(C)C(=O)N1. The van der Waals surface area contributed by atoms with Gasteiger partial charge in [0.2, 0.25) is 5.91 Å². The molecule has 1 rings (SSSR count). The van der Waals surface area contributed by atoms with Crippen molar-refractivity contribution in [1.82, 2.24) is 5.32 Å². The first-order valence-electron chi connectivity index (χ1n) is 5.16. The van der Waals surface area contributed by atoms with Crippen LogP contribution < -0.4 is 5.32 Å². The fourth-order valence-electron chi connectivity index (χ4n) is 1.89. The summed E-state index contributed by atoms with van der Waals surface area (Å²) < 4.78 is 4.98. The van der Waals surface area contributed by atoms with Gasteiger partial charge in [0, 0.05) is 5.92 Å². The average Bonchev–Trinajstić information content (AvgIpc) is 2.45. The smallest absolute Gasteiger partial charge is 0.332 e. The zero-order chi connectivity index (χ0) is 11.5. The van der Waals surface area contributed by atoms with Crippen molar-refractivity contribution in [3.8, 4) is 0 Å². The zero-order valence-electron chi connectivity index (χ0n) is 9.21. The van der Waals surface area contributed by atoms with E-state index in [0.29, 0.717) is 19.4 Å². The summed E-state index contributed by atoms with van der Waals surface area (Å²) in [6, 6.07) is 0. The van der Waals surface area contributed by atoms with Crippen LogP contribution in [0, 0.1) is 5.92 Å². The standard InChI is InChI=1S/C11H17NO3/c1-4-6-11(10(14)15-5-2)7-8(3)9(13)12-11/h4,8H,1,5-7H2,2-3H3,(H,12,13)/t8?,11-/m0/s1. The number of amides is 1. The highest BCUT2D eigenvalue weighted by Crippen LogP contribution is 2.29. The van der Waals surface area contributed by atoms with E-state index in [2.05, 4.69) is 11.9 Å². The van der Waals surface area contributed by atoms with Gasteiger partial charge in [-0.3, -0.25) is 4.79 Å². The van der Waals surface area contributed by atoms with Crippen molar-refractivity contribution in [3.63, 3.8) is 0 Å². The molecule has 0 spiro atoms. The van der Waals surface area contributed by atoms with E-state index < -0.39 is 5.54 Å². The first-order valence-corrected chi connectivity index (χ1v) is 5.16. The number of ether oxygens (including phenoxy) is 1. The Morgan fingerprint density at radius 2 is 2.47 bits per heavy atom. The van der Waals surface area contributed by atoms with Crippen molar-refractivity contribution in [3.05, 3.63) is 12.7 Å². The summed E-state index contributed by atoms with van der Waals surface area (Å²) in [6.07, 6.45) is 2.54. The summed E-state index contributed by atoms with van der Waals surface area (Å²) in [5.41, 5.74) is -0.881. The van der Waals surface area contributed by atoms with E-state index in [1.807, 2.05) is 0 Å². The minimum Gasteiger partial charge on any atom is -0.464 e. The minimum absolute atomic E-state index is 0.0927. The number of carbonyl (C=O) groups is 2. The van der Waals surface area contributed by atoms with Crippen LogP contribution in [0.25, 0.3) is 0 Å². The fourth-order valence-corrected chi connectivity index (χ4v) is 1.89. The van der Waals surface area contributed by atoms with Gasteiger partial charge in [-0.05, 0) is 19.8 Å². The van der Waals surface area contributed by atoms with Gasteiger partial charge in [0.1, 0.15) is 5.54 Å². The highest BCUT2D eigenvalue weighted by atomic mass is 16.5. The third kappa shape index (κ3) is 2.19. The number of carbonyl (C=O) groups excluding carboxylic acids is 2. The molecule has 1 aliphatic heterocycles. The quantitative estimate of drug-likeness (QED) is 0.558. The van der Waals surface area contributed by atoms with Crippen LogP contribution in [0.15, 0.2) is 12.7 Å². The molecule has 1 fully saturated rings. The van der Waals surface area contributed by atoms with Crippen LogP contribution in [-0.2, 0) is 14.3 Å². The normalized spacial score (nSPS) is 29.7. The summed E-state index contributed by atoms with van der Waals surface area (Å²) >= 11 is 0. The number of esters is 1. The number of rotatable bonds is 4. The van der Waals surface area contributed by atoms with Crippen LogP contribution >= 0.6 is 0 Å². The molecule has 1 saturated heterocycles. The fraction of sp³-hybridized carbons (Fsp3) is 0.636. The zero-order valence-corrected chi connectivity index (χ0v) is 9.21. The lowest BCUT2D eigenvalue weighted by Gasteiger charge is -2.25. The third-order valence-corrected chi connectivity index (χ3v) is 2.62. The molecule has 0 aromatic heterocycles. The van der Waals surface area contributed by atoms with Crippen molar-refractivity contribution in [1.29, 1.82) is 0 Å². The Balaban J connectivity index is 2.85. The van der Waals surface area contributed by atoms with Gasteiger partial charge in [0.15, 0.2) is 0 Å². The van der Waals surface area contributed by atoms with E-state index in [9.17, 15) is 9.59 Å². The number of hydrogen-bond acceptors (Lipinski definition) is 3. The summed E-state index contributed by atoms with van der Waals surface area (Å²) in [4.78, 5) is 23.2. The van der Waals surface area contributed by atoms with Gasteiger partial charge >= 0.3 is 5.97 Å². The van der Waals surface area contributed by atoms with Gasteiger partial charge in [-0.2, -0.15) is 0 Å². The van der Waals surface area contributed by atoms with Crippen molar-refractivity contribution in [2.45, 2.75) is 32.2 Å². The highest BCUT2D eigenvalue weighted by Gasteiger charge is 2.48. The van der Waals surface area contributed by atoms with E-state index >= 15 is 0 Å². The maximum Gasteiger partial charge on any atom is 0.332 e. The Kier molecular flexibility index (Phi) is 3.50. The molecular formula is C11H17NO3. The predicted molar refractivity (Wildman–Crippen MR) is 56.1 cm³/mol. The van der Waals surface area contributed by atoms with Gasteiger partial charge in [0.05, 0.1) is 6.61 Å². The van der Waals surface area contributed by atoms with E-state index in [1.54, 1.807) is 19.9 Å².